The monoisotopic (exact) mass is 136 g/mol. The van der Waals surface area contributed by atoms with E-state index in [4.69, 9.17) is 5.41 Å². The topological polar surface area (TPSA) is 35.9 Å². The molecule has 0 aromatic carbocycles. The Bertz CT molecular complexity index is 178. The molecule has 2 heteroatoms. The Balaban J connectivity index is 4.34. The summed E-state index contributed by atoms with van der Waals surface area (Å²) in [6.45, 7) is 7.07. The average molecular weight is 136 g/mol. The Kier molecular flexibility index (Phi) is 3.96. The van der Waals surface area contributed by atoms with Crippen LogP contribution in [0.1, 0.15) is 0 Å². The predicted molar refractivity (Wildman–Crippen MR) is 45.3 cm³/mol. The second kappa shape index (κ2) is 4.56. The number of amidine groups is 1. The van der Waals surface area contributed by atoms with Crippen molar-refractivity contribution in [2.24, 2.45) is 0 Å². The van der Waals surface area contributed by atoms with Gasteiger partial charge in [-0.2, -0.15) is 0 Å². The molecule has 0 amide bonds. The molecule has 0 rings (SSSR count). The van der Waals surface area contributed by atoms with Gasteiger partial charge in [0.1, 0.15) is 5.84 Å². The molecule has 0 aromatic rings. The van der Waals surface area contributed by atoms with E-state index in [9.17, 15) is 0 Å². The fourth-order valence-electron chi connectivity index (χ4n) is 0.525. The lowest BCUT2D eigenvalue weighted by molar-refractivity contribution is 1.14. The number of rotatable bonds is 3. The van der Waals surface area contributed by atoms with Gasteiger partial charge in [0, 0.05) is 12.6 Å². The first-order valence-corrected chi connectivity index (χ1v) is 2.98. The Labute approximate surface area is 61.5 Å². The first kappa shape index (κ1) is 8.69. The molecule has 0 radical (unpaired) electrons. The van der Waals surface area contributed by atoms with E-state index in [2.05, 4.69) is 18.5 Å². The van der Waals surface area contributed by atoms with E-state index >= 15 is 0 Å². The highest BCUT2D eigenvalue weighted by Crippen LogP contribution is 1.94. The van der Waals surface area contributed by atoms with Gasteiger partial charge < -0.3 is 5.32 Å². The summed E-state index contributed by atoms with van der Waals surface area (Å²) in [5.74, 6) is 0.356. The molecule has 0 aliphatic carbocycles. The van der Waals surface area contributed by atoms with Crippen LogP contribution in [0.4, 0.5) is 0 Å². The molecule has 0 saturated carbocycles. The lowest BCUT2D eigenvalue weighted by Crippen LogP contribution is -2.17. The summed E-state index contributed by atoms with van der Waals surface area (Å²) < 4.78 is 0. The van der Waals surface area contributed by atoms with Crippen LogP contribution in [0.2, 0.25) is 0 Å². The molecular formula is C8H12N2. The van der Waals surface area contributed by atoms with Crippen molar-refractivity contribution in [3.05, 3.63) is 37.0 Å². The highest BCUT2D eigenvalue weighted by atomic mass is 14.9. The summed E-state index contributed by atoms with van der Waals surface area (Å²) in [4.78, 5) is 0. The van der Waals surface area contributed by atoms with Gasteiger partial charge in [-0.1, -0.05) is 31.4 Å². The van der Waals surface area contributed by atoms with Gasteiger partial charge in [0.2, 0.25) is 0 Å². The number of nitrogens with one attached hydrogen (secondary N) is 2. The van der Waals surface area contributed by atoms with Crippen LogP contribution in [0.5, 0.6) is 0 Å². The van der Waals surface area contributed by atoms with E-state index in [-0.39, 0.29) is 0 Å². The maximum absolute atomic E-state index is 7.30. The second-order valence-electron chi connectivity index (χ2n) is 1.69. The van der Waals surface area contributed by atoms with Gasteiger partial charge in [0.25, 0.3) is 0 Å². The standard InChI is InChI=1S/C8H12N2/c1-4-6-7(5-2)8(9)10-3/h4-6H,1-2H2,3H3,(H2,9,10)/b7-6+. The zero-order valence-corrected chi connectivity index (χ0v) is 6.15. The van der Waals surface area contributed by atoms with E-state index in [1.54, 1.807) is 25.3 Å². The molecule has 0 aromatic heterocycles. The minimum absolute atomic E-state index is 0.356. The Morgan fingerprint density at radius 3 is 2.40 bits per heavy atom. The van der Waals surface area contributed by atoms with Crippen molar-refractivity contribution in [1.82, 2.24) is 5.32 Å². The summed E-state index contributed by atoms with van der Waals surface area (Å²) in [6.07, 6.45) is 4.97. The second-order valence-corrected chi connectivity index (χ2v) is 1.69. The van der Waals surface area contributed by atoms with Crippen molar-refractivity contribution in [1.29, 1.82) is 5.41 Å². The van der Waals surface area contributed by atoms with Crippen LogP contribution < -0.4 is 5.32 Å². The number of likely N-dealkylation sites (N-methyl/N-ethyl adjacent to an activating group) is 1. The van der Waals surface area contributed by atoms with E-state index in [1.807, 2.05) is 0 Å². The highest BCUT2D eigenvalue weighted by Gasteiger charge is 1.93. The molecule has 2 nitrogen and oxygen atoms in total. The van der Waals surface area contributed by atoms with Gasteiger partial charge in [-0.25, -0.2) is 0 Å². The van der Waals surface area contributed by atoms with Crippen LogP contribution >= 0.6 is 0 Å². The Morgan fingerprint density at radius 2 is 2.10 bits per heavy atom. The molecule has 0 bridgehead atoms. The van der Waals surface area contributed by atoms with Crippen LogP contribution in [0.25, 0.3) is 0 Å². The van der Waals surface area contributed by atoms with Crippen molar-refractivity contribution in [3.63, 3.8) is 0 Å². The molecule has 0 fully saturated rings. The first-order valence-electron chi connectivity index (χ1n) is 2.98. The summed E-state index contributed by atoms with van der Waals surface area (Å²) in [5, 5.41) is 10.00. The molecule has 0 aliphatic heterocycles. The SMILES string of the molecule is C=C/C=C(\C=C)C(=N)NC. The Hall–Kier alpha value is -1.31. The molecule has 54 valence electrons. The maximum atomic E-state index is 7.30. The lowest BCUT2D eigenvalue weighted by Gasteiger charge is -2.00. The molecule has 0 saturated heterocycles. The molecule has 0 atom stereocenters. The number of allylic oxidation sites excluding steroid dienone is 2. The van der Waals surface area contributed by atoms with Crippen molar-refractivity contribution in [2.45, 2.75) is 0 Å². The van der Waals surface area contributed by atoms with E-state index in [0.29, 0.717) is 5.84 Å². The minimum atomic E-state index is 0.356. The molecule has 2 N–H and O–H groups in total. The van der Waals surface area contributed by atoms with Gasteiger partial charge in [-0.15, -0.1) is 0 Å². The van der Waals surface area contributed by atoms with E-state index < -0.39 is 0 Å². The molecular weight excluding hydrogens is 124 g/mol. The molecule has 10 heavy (non-hydrogen) atoms. The van der Waals surface area contributed by atoms with Crippen molar-refractivity contribution >= 4 is 5.84 Å². The number of hydrogen-bond acceptors (Lipinski definition) is 1. The normalized spacial score (nSPS) is 10.3. The maximum Gasteiger partial charge on any atom is 0.125 e. The van der Waals surface area contributed by atoms with Crippen LogP contribution in [0.3, 0.4) is 0 Å². The first-order chi connectivity index (χ1) is 4.76. The van der Waals surface area contributed by atoms with Gasteiger partial charge in [-0.05, 0) is 0 Å². The quantitative estimate of drug-likeness (QED) is 0.344. The Morgan fingerprint density at radius 1 is 1.50 bits per heavy atom. The third-order valence-electron chi connectivity index (χ3n) is 1.06. The summed E-state index contributed by atoms with van der Waals surface area (Å²) in [6, 6.07) is 0. The van der Waals surface area contributed by atoms with Crippen molar-refractivity contribution in [3.8, 4) is 0 Å². The van der Waals surface area contributed by atoms with Crippen LogP contribution in [-0.4, -0.2) is 12.9 Å². The zero-order chi connectivity index (χ0) is 7.98. The average Bonchev–Trinajstić information content (AvgIpc) is 1.99. The largest absolute Gasteiger partial charge is 0.373 e. The van der Waals surface area contributed by atoms with Crippen molar-refractivity contribution in [2.75, 3.05) is 7.05 Å². The molecule has 0 spiro atoms. The van der Waals surface area contributed by atoms with Gasteiger partial charge >= 0.3 is 0 Å². The molecule has 0 unspecified atom stereocenters. The highest BCUT2D eigenvalue weighted by molar-refractivity contribution is 5.98. The van der Waals surface area contributed by atoms with Crippen LogP contribution in [0, 0.1) is 5.41 Å². The minimum Gasteiger partial charge on any atom is -0.373 e. The van der Waals surface area contributed by atoms with E-state index in [1.165, 1.54) is 0 Å². The van der Waals surface area contributed by atoms with Gasteiger partial charge in [-0.3, -0.25) is 5.41 Å². The molecule has 0 heterocycles. The fraction of sp³-hybridized carbons (Fsp3) is 0.125. The van der Waals surface area contributed by atoms with Crippen molar-refractivity contribution < 1.29 is 0 Å². The summed E-state index contributed by atoms with van der Waals surface area (Å²) in [5.41, 5.74) is 0.748. The van der Waals surface area contributed by atoms with E-state index in [0.717, 1.165) is 5.57 Å². The third-order valence-corrected chi connectivity index (χ3v) is 1.06. The number of hydrogen-bond donors (Lipinski definition) is 2. The molecule has 0 aliphatic rings. The van der Waals surface area contributed by atoms with Crippen LogP contribution in [-0.2, 0) is 0 Å². The third kappa shape index (κ3) is 2.31. The van der Waals surface area contributed by atoms with Gasteiger partial charge in [0.05, 0.1) is 0 Å². The van der Waals surface area contributed by atoms with Crippen LogP contribution in [0.15, 0.2) is 37.0 Å². The predicted octanol–water partition coefficient (Wildman–Crippen LogP) is 1.48. The fourth-order valence-corrected chi connectivity index (χ4v) is 0.525. The zero-order valence-electron chi connectivity index (χ0n) is 6.15. The van der Waals surface area contributed by atoms with Gasteiger partial charge in [0.15, 0.2) is 0 Å². The summed E-state index contributed by atoms with van der Waals surface area (Å²) >= 11 is 0. The summed E-state index contributed by atoms with van der Waals surface area (Å²) in [7, 11) is 1.70. The smallest absolute Gasteiger partial charge is 0.125 e. The lowest BCUT2D eigenvalue weighted by atomic mass is 10.2.